The van der Waals surface area contributed by atoms with Crippen LogP contribution in [0.25, 0.3) is 10.2 Å². The van der Waals surface area contributed by atoms with E-state index in [-0.39, 0.29) is 21.0 Å². The maximum absolute atomic E-state index is 13.1. The van der Waals surface area contributed by atoms with Crippen molar-refractivity contribution in [1.82, 2.24) is 4.57 Å². The number of halogens is 1. The lowest BCUT2D eigenvalue weighted by Crippen LogP contribution is -2.19. The first-order valence-corrected chi connectivity index (χ1v) is 15.3. The molecule has 4 rings (SSSR count). The summed E-state index contributed by atoms with van der Waals surface area (Å²) >= 11 is 7.01. The maximum atomic E-state index is 13.1. The van der Waals surface area contributed by atoms with Crippen molar-refractivity contribution in [2.45, 2.75) is 16.3 Å². The van der Waals surface area contributed by atoms with Crippen LogP contribution in [-0.4, -0.2) is 47.3 Å². The number of hydrogen-bond acceptors (Lipinski definition) is 7. The molecule has 0 aliphatic carbocycles. The molecule has 0 saturated heterocycles. The Morgan fingerprint density at radius 1 is 1.03 bits per heavy atom. The Morgan fingerprint density at radius 3 is 2.41 bits per heavy atom. The van der Waals surface area contributed by atoms with Gasteiger partial charge in [0, 0.05) is 36.2 Å². The van der Waals surface area contributed by atoms with Crippen molar-refractivity contribution in [1.29, 1.82) is 0 Å². The summed E-state index contributed by atoms with van der Waals surface area (Å²) in [4.78, 5) is 17.9. The van der Waals surface area contributed by atoms with Crippen LogP contribution < -0.4 is 9.52 Å². The molecule has 0 aliphatic rings. The van der Waals surface area contributed by atoms with E-state index in [4.69, 9.17) is 16.3 Å². The Balaban J connectivity index is 1.70. The number of benzene rings is 3. The summed E-state index contributed by atoms with van der Waals surface area (Å²) in [6, 6.07) is 16.4. The van der Waals surface area contributed by atoms with Gasteiger partial charge < -0.3 is 9.30 Å². The van der Waals surface area contributed by atoms with Gasteiger partial charge in [-0.15, -0.1) is 0 Å². The number of amides is 1. The molecule has 1 N–H and O–H groups in total. The Bertz CT molecular complexity index is 1760. The zero-order chi connectivity index (χ0) is 26.8. The molecule has 0 atom stereocenters. The quantitative estimate of drug-likeness (QED) is 0.337. The lowest BCUT2D eigenvalue weighted by Gasteiger charge is -2.09. The number of carbonyl (C=O) groups is 1. The third kappa shape index (κ3) is 6.28. The van der Waals surface area contributed by atoms with Crippen LogP contribution in [0.15, 0.2) is 81.5 Å². The molecule has 9 nitrogen and oxygen atoms in total. The minimum Gasteiger partial charge on any atom is -0.383 e. The number of fused-ring (bicyclic) bond motifs is 1. The van der Waals surface area contributed by atoms with E-state index in [1.807, 2.05) is 0 Å². The molecule has 0 saturated carbocycles. The first-order valence-electron chi connectivity index (χ1n) is 10.8. The molecule has 13 heteroatoms. The smallest absolute Gasteiger partial charge is 0.279 e. The van der Waals surface area contributed by atoms with Crippen LogP contribution in [-0.2, 0) is 31.1 Å². The van der Waals surface area contributed by atoms with Crippen LogP contribution >= 0.6 is 22.9 Å². The van der Waals surface area contributed by atoms with Gasteiger partial charge >= 0.3 is 0 Å². The number of rotatable bonds is 8. The van der Waals surface area contributed by atoms with E-state index in [9.17, 15) is 21.6 Å². The van der Waals surface area contributed by atoms with Crippen molar-refractivity contribution >= 4 is 64.6 Å². The van der Waals surface area contributed by atoms with Gasteiger partial charge in [-0.1, -0.05) is 29.0 Å². The number of methoxy groups -OCH3 is 1. The Hall–Kier alpha value is -3.03. The van der Waals surface area contributed by atoms with Gasteiger partial charge in [-0.3, -0.25) is 9.52 Å². The highest BCUT2D eigenvalue weighted by Gasteiger charge is 2.16. The van der Waals surface area contributed by atoms with E-state index in [0.29, 0.717) is 33.2 Å². The normalized spacial score (nSPS) is 12.7. The number of thiazole rings is 1. The molecule has 0 aliphatic heterocycles. The summed E-state index contributed by atoms with van der Waals surface area (Å²) < 4.78 is 59.4. The first-order chi connectivity index (χ1) is 17.5. The second kappa shape index (κ2) is 10.8. The Morgan fingerprint density at radius 2 is 1.73 bits per heavy atom. The fourth-order valence-corrected chi connectivity index (χ4v) is 6.45. The lowest BCUT2D eigenvalue weighted by atomic mass is 10.2. The van der Waals surface area contributed by atoms with Crippen LogP contribution in [0.5, 0.6) is 0 Å². The van der Waals surface area contributed by atoms with E-state index in [1.165, 1.54) is 59.9 Å². The summed E-state index contributed by atoms with van der Waals surface area (Å²) in [5.41, 5.74) is 1.08. The average Bonchev–Trinajstić information content (AvgIpc) is 3.18. The number of nitrogens with zero attached hydrogens (tertiary/aromatic N) is 2. The average molecular weight is 580 g/mol. The van der Waals surface area contributed by atoms with Crippen LogP contribution in [0.3, 0.4) is 0 Å². The molecule has 0 bridgehead atoms. The van der Waals surface area contributed by atoms with Crippen molar-refractivity contribution in [2.75, 3.05) is 24.7 Å². The molecule has 0 radical (unpaired) electrons. The summed E-state index contributed by atoms with van der Waals surface area (Å²) in [5.74, 6) is -0.589. The molecular formula is C24H22ClN3O6S3. The second-order valence-corrected chi connectivity index (χ2v) is 13.1. The SMILES string of the molecule is COCCn1c(=NC(=O)c2cccc(NS(=O)(=O)c3ccc(Cl)cc3)c2)sc2cc(S(C)(=O)=O)ccc21. The summed E-state index contributed by atoms with van der Waals surface area (Å²) in [5, 5.41) is 0.407. The molecule has 1 heterocycles. The van der Waals surface area contributed by atoms with Crippen molar-refractivity contribution in [3.05, 3.63) is 82.1 Å². The monoisotopic (exact) mass is 579 g/mol. The van der Waals surface area contributed by atoms with Gasteiger partial charge in [-0.2, -0.15) is 4.99 Å². The molecule has 0 spiro atoms. The van der Waals surface area contributed by atoms with E-state index >= 15 is 0 Å². The van der Waals surface area contributed by atoms with Gasteiger partial charge in [0.2, 0.25) is 0 Å². The van der Waals surface area contributed by atoms with E-state index in [0.717, 1.165) is 6.26 Å². The van der Waals surface area contributed by atoms with Gasteiger partial charge in [0.15, 0.2) is 14.6 Å². The molecule has 37 heavy (non-hydrogen) atoms. The van der Waals surface area contributed by atoms with Gasteiger partial charge in [0.25, 0.3) is 15.9 Å². The van der Waals surface area contributed by atoms with Gasteiger partial charge in [0.05, 0.1) is 26.6 Å². The highest BCUT2D eigenvalue weighted by Crippen LogP contribution is 2.23. The Kier molecular flexibility index (Phi) is 7.85. The topological polar surface area (TPSA) is 124 Å². The molecule has 1 aromatic heterocycles. The van der Waals surface area contributed by atoms with Crippen molar-refractivity contribution in [3.8, 4) is 0 Å². The molecule has 0 fully saturated rings. The predicted octanol–water partition coefficient (Wildman–Crippen LogP) is 3.95. The van der Waals surface area contributed by atoms with Crippen LogP contribution in [0, 0.1) is 0 Å². The summed E-state index contributed by atoms with van der Waals surface area (Å²) in [6.45, 7) is 0.741. The van der Waals surface area contributed by atoms with Crippen LogP contribution in [0.1, 0.15) is 10.4 Å². The number of anilines is 1. The zero-order valence-corrected chi connectivity index (χ0v) is 22.9. The fraction of sp³-hybridized carbons (Fsp3) is 0.167. The van der Waals surface area contributed by atoms with Gasteiger partial charge in [-0.05, 0) is 60.7 Å². The van der Waals surface area contributed by atoms with E-state index < -0.39 is 25.8 Å². The molecule has 194 valence electrons. The van der Waals surface area contributed by atoms with Crippen molar-refractivity contribution in [3.63, 3.8) is 0 Å². The summed E-state index contributed by atoms with van der Waals surface area (Å²) in [6.07, 6.45) is 1.13. The molecule has 4 aromatic rings. The van der Waals surface area contributed by atoms with Crippen molar-refractivity contribution < 1.29 is 26.4 Å². The number of sulfonamides is 1. The van der Waals surface area contributed by atoms with E-state index in [1.54, 1.807) is 29.9 Å². The Labute approximate surface area is 223 Å². The number of sulfone groups is 1. The third-order valence-electron chi connectivity index (χ3n) is 5.28. The molecule has 3 aromatic carbocycles. The maximum Gasteiger partial charge on any atom is 0.279 e. The zero-order valence-electron chi connectivity index (χ0n) is 19.7. The van der Waals surface area contributed by atoms with E-state index in [2.05, 4.69) is 9.71 Å². The molecule has 1 amide bonds. The van der Waals surface area contributed by atoms with Gasteiger partial charge in [-0.25, -0.2) is 16.8 Å². The first kappa shape index (κ1) is 27.0. The molecule has 0 unspecified atom stereocenters. The standard InChI is InChI=1S/C24H22ClN3O6S3/c1-34-13-12-28-21-11-10-20(36(2,30)31)15-22(21)35-24(28)26-23(29)16-4-3-5-18(14-16)27-37(32,33)19-8-6-17(25)7-9-19/h3-11,14-15,27H,12-13H2,1-2H3. The number of hydrogen-bond donors (Lipinski definition) is 1. The van der Waals surface area contributed by atoms with Crippen LogP contribution in [0.4, 0.5) is 5.69 Å². The minimum atomic E-state index is -3.90. The molecular weight excluding hydrogens is 558 g/mol. The second-order valence-electron chi connectivity index (χ2n) is 7.99. The number of nitrogens with one attached hydrogen (secondary N) is 1. The fourth-order valence-electron chi connectivity index (χ4n) is 3.46. The highest BCUT2D eigenvalue weighted by molar-refractivity contribution is 7.92. The largest absolute Gasteiger partial charge is 0.383 e. The minimum absolute atomic E-state index is 0.0243. The predicted molar refractivity (Wildman–Crippen MR) is 143 cm³/mol. The summed E-state index contributed by atoms with van der Waals surface area (Å²) in [7, 11) is -5.76. The number of carbonyl (C=O) groups excluding carboxylic acids is 1. The van der Waals surface area contributed by atoms with Crippen LogP contribution in [0.2, 0.25) is 5.02 Å². The third-order valence-corrected chi connectivity index (χ3v) is 9.08. The van der Waals surface area contributed by atoms with Crippen molar-refractivity contribution in [2.24, 2.45) is 4.99 Å². The number of aromatic nitrogens is 1. The van der Waals surface area contributed by atoms with Gasteiger partial charge in [0.1, 0.15) is 0 Å². The highest BCUT2D eigenvalue weighted by atomic mass is 35.5. The lowest BCUT2D eigenvalue weighted by molar-refractivity contribution is 0.0997. The number of ether oxygens (including phenoxy) is 1.